The van der Waals surface area contributed by atoms with Gasteiger partial charge in [0.1, 0.15) is 31.0 Å². The molecule has 2 aliphatic rings. The molecule has 0 bridgehead atoms. The number of ether oxygens (including phenoxy) is 7. The topological polar surface area (TPSA) is 111 Å². The summed E-state index contributed by atoms with van der Waals surface area (Å²) < 4.78 is 41.2. The molecule has 2 aliphatic heterocycles. The van der Waals surface area contributed by atoms with Gasteiger partial charge in [-0.2, -0.15) is 0 Å². The second kappa shape index (κ2) is 14.8. The number of fused-ring (bicyclic) bond motifs is 1. The fourth-order valence-electron chi connectivity index (χ4n) is 4.42. The maximum absolute atomic E-state index is 12.7. The molecule has 1 N–H and O–H groups in total. The third-order valence-electron chi connectivity index (χ3n) is 6.21. The summed E-state index contributed by atoms with van der Waals surface area (Å²) in [7, 11) is 0. The SMILES string of the molecule is C=CCOC(=O)N[C@H]1[C@@H](OCc2ccccc2)O[C@@H]2CO[C@@H](c3ccccc3)O[C@H]2[C@@H]1OCCC(=O)OCC. The molecule has 1 amide bonds. The maximum atomic E-state index is 12.7. The van der Waals surface area contributed by atoms with Crippen LogP contribution in [0.3, 0.4) is 0 Å². The minimum atomic E-state index is -0.921. The minimum Gasteiger partial charge on any atom is -0.466 e. The van der Waals surface area contributed by atoms with Crippen LogP contribution in [0.5, 0.6) is 0 Å². The second-order valence-electron chi connectivity index (χ2n) is 8.96. The maximum Gasteiger partial charge on any atom is 0.407 e. The molecule has 2 aromatic carbocycles. The molecule has 2 saturated heterocycles. The number of carbonyl (C=O) groups is 2. The van der Waals surface area contributed by atoms with Crippen LogP contribution in [-0.2, 0) is 44.6 Å². The molecule has 0 radical (unpaired) electrons. The van der Waals surface area contributed by atoms with E-state index in [1.807, 2.05) is 60.7 Å². The summed E-state index contributed by atoms with van der Waals surface area (Å²) in [6.45, 7) is 6.09. The molecule has 0 aromatic heterocycles. The number of rotatable bonds is 12. The summed E-state index contributed by atoms with van der Waals surface area (Å²) >= 11 is 0. The Morgan fingerprint density at radius 1 is 1.03 bits per heavy atom. The average molecular weight is 542 g/mol. The van der Waals surface area contributed by atoms with Gasteiger partial charge in [0.25, 0.3) is 0 Å². The van der Waals surface area contributed by atoms with E-state index in [1.54, 1.807) is 6.92 Å². The smallest absolute Gasteiger partial charge is 0.407 e. The highest BCUT2D eigenvalue weighted by molar-refractivity contribution is 5.69. The highest BCUT2D eigenvalue weighted by atomic mass is 16.8. The monoisotopic (exact) mass is 541 g/mol. The van der Waals surface area contributed by atoms with Crippen molar-refractivity contribution < 1.29 is 42.7 Å². The van der Waals surface area contributed by atoms with Gasteiger partial charge < -0.3 is 38.5 Å². The van der Waals surface area contributed by atoms with Gasteiger partial charge in [-0.05, 0) is 12.5 Å². The van der Waals surface area contributed by atoms with Crippen LogP contribution in [-0.4, -0.2) is 69.1 Å². The molecular formula is C29H35NO9. The van der Waals surface area contributed by atoms with Crippen molar-refractivity contribution in [2.45, 2.75) is 56.9 Å². The van der Waals surface area contributed by atoms with Gasteiger partial charge in [-0.1, -0.05) is 73.3 Å². The van der Waals surface area contributed by atoms with Gasteiger partial charge in [0, 0.05) is 5.56 Å². The Hall–Kier alpha value is -3.28. The van der Waals surface area contributed by atoms with Crippen molar-refractivity contribution in [2.75, 3.05) is 26.4 Å². The highest BCUT2D eigenvalue weighted by Gasteiger charge is 2.52. The zero-order chi connectivity index (χ0) is 27.5. The Labute approximate surface area is 228 Å². The van der Waals surface area contributed by atoms with Gasteiger partial charge >= 0.3 is 12.1 Å². The summed E-state index contributed by atoms with van der Waals surface area (Å²) in [5.41, 5.74) is 1.76. The van der Waals surface area contributed by atoms with Gasteiger partial charge in [0.2, 0.25) is 0 Å². The fourth-order valence-corrected chi connectivity index (χ4v) is 4.42. The Bertz CT molecular complexity index is 1050. The highest BCUT2D eigenvalue weighted by Crippen LogP contribution is 2.36. The third-order valence-corrected chi connectivity index (χ3v) is 6.21. The van der Waals surface area contributed by atoms with E-state index in [-0.39, 0.29) is 45.4 Å². The van der Waals surface area contributed by atoms with Crippen LogP contribution in [0.25, 0.3) is 0 Å². The molecule has 10 heteroatoms. The van der Waals surface area contributed by atoms with Crippen molar-refractivity contribution in [3.05, 3.63) is 84.4 Å². The van der Waals surface area contributed by atoms with E-state index in [0.717, 1.165) is 11.1 Å². The normalized spacial score (nSPS) is 26.2. The summed E-state index contributed by atoms with van der Waals surface area (Å²) in [6.07, 6.45) is -2.74. The van der Waals surface area contributed by atoms with Gasteiger partial charge in [0.05, 0.1) is 32.8 Å². The molecule has 6 atom stereocenters. The van der Waals surface area contributed by atoms with Crippen LogP contribution in [0.2, 0.25) is 0 Å². The van der Waals surface area contributed by atoms with Crippen LogP contribution in [0, 0.1) is 0 Å². The Morgan fingerprint density at radius 2 is 1.77 bits per heavy atom. The van der Waals surface area contributed by atoms with Gasteiger partial charge in [-0.15, -0.1) is 0 Å². The lowest BCUT2D eigenvalue weighted by molar-refractivity contribution is -0.349. The molecular weight excluding hydrogens is 506 g/mol. The number of benzene rings is 2. The number of nitrogens with one attached hydrogen (secondary N) is 1. The predicted octanol–water partition coefficient (Wildman–Crippen LogP) is 3.66. The number of hydrogen-bond acceptors (Lipinski definition) is 9. The predicted molar refractivity (Wildman–Crippen MR) is 139 cm³/mol. The van der Waals surface area contributed by atoms with Gasteiger partial charge in [-0.25, -0.2) is 4.79 Å². The molecule has 210 valence electrons. The zero-order valence-electron chi connectivity index (χ0n) is 21.9. The molecule has 2 fully saturated rings. The first kappa shape index (κ1) is 28.7. The van der Waals surface area contributed by atoms with E-state index in [4.69, 9.17) is 33.2 Å². The van der Waals surface area contributed by atoms with Gasteiger partial charge in [-0.3, -0.25) is 4.79 Å². The first-order valence-electron chi connectivity index (χ1n) is 13.0. The minimum absolute atomic E-state index is 0.0236. The quantitative estimate of drug-likeness (QED) is 0.318. The molecule has 2 aromatic rings. The third kappa shape index (κ3) is 8.11. The number of carbonyl (C=O) groups excluding carboxylic acids is 2. The van der Waals surface area contributed by atoms with E-state index in [9.17, 15) is 9.59 Å². The van der Waals surface area contributed by atoms with Crippen molar-refractivity contribution in [3.63, 3.8) is 0 Å². The lowest BCUT2D eigenvalue weighted by atomic mass is 9.95. The first-order chi connectivity index (χ1) is 19.1. The van der Waals surface area contributed by atoms with Crippen molar-refractivity contribution in [1.29, 1.82) is 0 Å². The zero-order valence-corrected chi connectivity index (χ0v) is 21.9. The van der Waals surface area contributed by atoms with E-state index in [0.29, 0.717) is 0 Å². The Balaban J connectivity index is 1.57. The van der Waals surface area contributed by atoms with Crippen LogP contribution < -0.4 is 5.32 Å². The van der Waals surface area contributed by atoms with Crippen molar-refractivity contribution in [2.24, 2.45) is 0 Å². The summed E-state index contributed by atoms with van der Waals surface area (Å²) in [5, 5.41) is 2.82. The molecule has 0 spiro atoms. The fraction of sp³-hybridized carbons (Fsp3) is 0.448. The standard InChI is InChI=1S/C29H35NO9/c1-3-16-35-29(32)30-24-26(34-17-15-23(31)33-4-2)25-22(19-37-27(39-25)21-13-9-6-10-14-21)38-28(24)36-18-20-11-7-5-8-12-20/h3,5-14,22,24-28H,1,4,15-19H2,2H3,(H,30,32)/t22-,24-,25-,26-,27-,28+/m1/s1. The van der Waals surface area contributed by atoms with E-state index in [2.05, 4.69) is 11.9 Å². The Kier molecular flexibility index (Phi) is 10.9. The van der Waals surface area contributed by atoms with E-state index in [1.165, 1.54) is 6.08 Å². The first-order valence-corrected chi connectivity index (χ1v) is 13.0. The Morgan fingerprint density at radius 3 is 2.49 bits per heavy atom. The van der Waals surface area contributed by atoms with E-state index < -0.39 is 43.0 Å². The van der Waals surface area contributed by atoms with E-state index >= 15 is 0 Å². The molecule has 4 rings (SSSR count). The summed E-state index contributed by atoms with van der Waals surface area (Å²) in [4.78, 5) is 24.7. The molecule has 10 nitrogen and oxygen atoms in total. The van der Waals surface area contributed by atoms with Crippen molar-refractivity contribution in [3.8, 4) is 0 Å². The summed E-state index contributed by atoms with van der Waals surface area (Å²) in [5.74, 6) is -0.386. The summed E-state index contributed by atoms with van der Waals surface area (Å²) in [6, 6.07) is 18.3. The number of esters is 1. The van der Waals surface area contributed by atoms with Crippen molar-refractivity contribution in [1.82, 2.24) is 5.32 Å². The molecule has 0 unspecified atom stereocenters. The largest absolute Gasteiger partial charge is 0.466 e. The number of alkyl carbamates (subject to hydrolysis) is 1. The number of hydrogen-bond donors (Lipinski definition) is 1. The second-order valence-corrected chi connectivity index (χ2v) is 8.96. The molecule has 2 heterocycles. The van der Waals surface area contributed by atoms with Crippen molar-refractivity contribution >= 4 is 12.1 Å². The van der Waals surface area contributed by atoms with Crippen LogP contribution in [0.15, 0.2) is 73.3 Å². The number of amides is 1. The van der Waals surface area contributed by atoms with Crippen LogP contribution >= 0.6 is 0 Å². The molecule has 39 heavy (non-hydrogen) atoms. The molecule has 0 aliphatic carbocycles. The van der Waals surface area contributed by atoms with Gasteiger partial charge in [0.15, 0.2) is 12.6 Å². The lowest BCUT2D eigenvalue weighted by Crippen LogP contribution is -2.67. The molecule has 0 saturated carbocycles. The lowest BCUT2D eigenvalue weighted by Gasteiger charge is -2.49. The van der Waals surface area contributed by atoms with Crippen LogP contribution in [0.4, 0.5) is 4.79 Å². The average Bonchev–Trinajstić information content (AvgIpc) is 2.97. The van der Waals surface area contributed by atoms with Crippen LogP contribution in [0.1, 0.15) is 30.8 Å².